The van der Waals surface area contributed by atoms with Crippen LogP contribution in [0, 0.1) is 0 Å². The lowest BCUT2D eigenvalue weighted by molar-refractivity contribution is 0.427. The molecule has 0 amide bonds. The Labute approximate surface area is 105 Å². The van der Waals surface area contributed by atoms with E-state index in [1.807, 2.05) is 12.1 Å². The Kier molecular flexibility index (Phi) is 2.80. The Morgan fingerprint density at radius 3 is 2.89 bits per heavy atom. The summed E-state index contributed by atoms with van der Waals surface area (Å²) in [6.45, 7) is 0. The minimum Gasteiger partial charge on any atom is -0.508 e. The molecule has 3 N–H and O–H groups in total. The summed E-state index contributed by atoms with van der Waals surface area (Å²) < 4.78 is 5.76. The molecule has 4 heteroatoms. The molecule has 1 aromatic heterocycles. The summed E-state index contributed by atoms with van der Waals surface area (Å²) in [4.78, 5) is 4.52. The molecular formula is C14H16N2O2. The first-order valence-corrected chi connectivity index (χ1v) is 6.21. The Bertz CT molecular complexity index is 545. The number of nitrogens with zero attached hydrogens (tertiary/aromatic N) is 1. The smallest absolute Gasteiger partial charge is 0.199 e. The summed E-state index contributed by atoms with van der Waals surface area (Å²) >= 11 is 0. The number of rotatable bonds is 2. The van der Waals surface area contributed by atoms with E-state index in [9.17, 15) is 5.11 Å². The summed E-state index contributed by atoms with van der Waals surface area (Å²) in [6.07, 6.45) is 3.34. The zero-order valence-electron chi connectivity index (χ0n) is 10.1. The van der Waals surface area contributed by atoms with Crippen LogP contribution in [0.1, 0.15) is 29.3 Å². The van der Waals surface area contributed by atoms with E-state index >= 15 is 0 Å². The van der Waals surface area contributed by atoms with Crippen LogP contribution in [0.15, 0.2) is 28.7 Å². The van der Waals surface area contributed by atoms with Crippen LogP contribution in [-0.2, 0) is 19.3 Å². The molecule has 1 unspecified atom stereocenters. The maximum absolute atomic E-state index is 9.23. The van der Waals surface area contributed by atoms with E-state index < -0.39 is 0 Å². The highest BCUT2D eigenvalue weighted by Crippen LogP contribution is 2.23. The van der Waals surface area contributed by atoms with Crippen LogP contribution in [0.3, 0.4) is 0 Å². The minimum atomic E-state index is 0.201. The molecule has 0 saturated heterocycles. The number of hydrogen-bond donors (Lipinski definition) is 2. The number of oxazole rings is 1. The summed E-state index contributed by atoms with van der Waals surface area (Å²) in [5, 5.41) is 9.23. The lowest BCUT2D eigenvalue weighted by Crippen LogP contribution is -2.27. The molecule has 0 spiro atoms. The van der Waals surface area contributed by atoms with Gasteiger partial charge in [0.2, 0.25) is 0 Å². The van der Waals surface area contributed by atoms with Gasteiger partial charge in [0, 0.05) is 18.9 Å². The molecule has 1 aliphatic rings. The predicted molar refractivity (Wildman–Crippen MR) is 67.4 cm³/mol. The van der Waals surface area contributed by atoms with Crippen molar-refractivity contribution >= 4 is 0 Å². The molecule has 1 heterocycles. The summed E-state index contributed by atoms with van der Waals surface area (Å²) in [6, 6.07) is 7.31. The van der Waals surface area contributed by atoms with Gasteiger partial charge in [0.25, 0.3) is 0 Å². The van der Waals surface area contributed by atoms with Gasteiger partial charge in [-0.15, -0.1) is 0 Å². The predicted octanol–water partition coefficient (Wildman–Crippen LogP) is 1.79. The third kappa shape index (κ3) is 2.24. The van der Waals surface area contributed by atoms with Crippen LogP contribution in [0.2, 0.25) is 0 Å². The summed E-state index contributed by atoms with van der Waals surface area (Å²) in [5.74, 6) is 1.96. The van der Waals surface area contributed by atoms with E-state index in [0.29, 0.717) is 6.42 Å². The van der Waals surface area contributed by atoms with Gasteiger partial charge < -0.3 is 15.3 Å². The first-order valence-electron chi connectivity index (χ1n) is 6.21. The molecule has 0 radical (unpaired) electrons. The van der Waals surface area contributed by atoms with Crippen molar-refractivity contribution in [3.8, 4) is 5.75 Å². The molecular weight excluding hydrogens is 228 g/mol. The van der Waals surface area contributed by atoms with Gasteiger partial charge in [0.05, 0.1) is 5.69 Å². The molecule has 1 aromatic carbocycles. The fourth-order valence-electron chi connectivity index (χ4n) is 2.32. The van der Waals surface area contributed by atoms with E-state index in [1.54, 1.807) is 12.1 Å². The second-order valence-corrected chi connectivity index (χ2v) is 4.82. The van der Waals surface area contributed by atoms with E-state index in [2.05, 4.69) is 4.98 Å². The van der Waals surface area contributed by atoms with Crippen molar-refractivity contribution in [2.24, 2.45) is 5.73 Å². The van der Waals surface area contributed by atoms with Crippen molar-refractivity contribution in [2.45, 2.75) is 31.7 Å². The Hall–Kier alpha value is -1.81. The average Bonchev–Trinajstić information content (AvgIpc) is 2.73. The molecule has 18 heavy (non-hydrogen) atoms. The molecule has 4 nitrogen and oxygen atoms in total. The minimum absolute atomic E-state index is 0.201. The standard InChI is InChI=1S/C14H16N2O2/c15-10-3-6-12-13(8-10)18-14(16-12)7-9-1-4-11(17)5-2-9/h1-2,4-5,10,17H,3,6-8,15H2. The van der Waals surface area contributed by atoms with Crippen LogP contribution in [0.4, 0.5) is 0 Å². The van der Waals surface area contributed by atoms with Crippen molar-refractivity contribution < 1.29 is 9.52 Å². The number of aromatic nitrogens is 1. The van der Waals surface area contributed by atoms with Crippen molar-refractivity contribution in [1.82, 2.24) is 4.98 Å². The van der Waals surface area contributed by atoms with Gasteiger partial charge in [-0.1, -0.05) is 12.1 Å². The first-order chi connectivity index (χ1) is 8.70. The molecule has 1 aliphatic carbocycles. The summed E-state index contributed by atoms with van der Waals surface area (Å²) in [5.41, 5.74) is 8.05. The van der Waals surface area contributed by atoms with E-state index in [1.165, 1.54) is 0 Å². The van der Waals surface area contributed by atoms with Gasteiger partial charge >= 0.3 is 0 Å². The topological polar surface area (TPSA) is 72.3 Å². The average molecular weight is 244 g/mol. The maximum atomic E-state index is 9.23. The van der Waals surface area contributed by atoms with E-state index in [4.69, 9.17) is 10.2 Å². The number of aryl methyl sites for hydroxylation is 1. The molecule has 3 rings (SSSR count). The number of benzene rings is 1. The van der Waals surface area contributed by atoms with Crippen LogP contribution in [0.5, 0.6) is 5.75 Å². The fraction of sp³-hybridized carbons (Fsp3) is 0.357. The quantitative estimate of drug-likeness (QED) is 0.844. The highest BCUT2D eigenvalue weighted by molar-refractivity contribution is 5.28. The van der Waals surface area contributed by atoms with Crippen LogP contribution in [-0.4, -0.2) is 16.1 Å². The van der Waals surface area contributed by atoms with Crippen molar-refractivity contribution in [3.63, 3.8) is 0 Å². The molecule has 0 bridgehead atoms. The van der Waals surface area contributed by atoms with Crippen molar-refractivity contribution in [1.29, 1.82) is 0 Å². The van der Waals surface area contributed by atoms with Gasteiger partial charge in [-0.3, -0.25) is 0 Å². The first kappa shape index (κ1) is 11.3. The normalized spacial score (nSPS) is 18.6. The van der Waals surface area contributed by atoms with Crippen LogP contribution in [0.25, 0.3) is 0 Å². The molecule has 94 valence electrons. The second-order valence-electron chi connectivity index (χ2n) is 4.82. The second kappa shape index (κ2) is 4.46. The van der Waals surface area contributed by atoms with Gasteiger partial charge in [-0.25, -0.2) is 4.98 Å². The van der Waals surface area contributed by atoms with E-state index in [-0.39, 0.29) is 11.8 Å². The fourth-order valence-corrected chi connectivity index (χ4v) is 2.32. The van der Waals surface area contributed by atoms with Crippen molar-refractivity contribution in [2.75, 3.05) is 0 Å². The number of phenols is 1. The lowest BCUT2D eigenvalue weighted by atomic mass is 9.98. The third-order valence-corrected chi connectivity index (χ3v) is 3.31. The Balaban J connectivity index is 1.79. The maximum Gasteiger partial charge on any atom is 0.199 e. The number of aromatic hydroxyl groups is 1. The molecule has 1 atom stereocenters. The molecule has 2 aromatic rings. The Morgan fingerprint density at radius 1 is 1.33 bits per heavy atom. The van der Waals surface area contributed by atoms with E-state index in [0.717, 1.165) is 42.2 Å². The zero-order valence-corrected chi connectivity index (χ0v) is 10.1. The number of nitrogens with two attached hydrogens (primary N) is 1. The highest BCUT2D eigenvalue weighted by atomic mass is 16.4. The van der Waals surface area contributed by atoms with Gasteiger partial charge in [0.1, 0.15) is 11.5 Å². The zero-order chi connectivity index (χ0) is 12.5. The highest BCUT2D eigenvalue weighted by Gasteiger charge is 2.21. The molecule has 0 fully saturated rings. The SMILES string of the molecule is NC1CCc2nc(Cc3ccc(O)cc3)oc2C1. The summed E-state index contributed by atoms with van der Waals surface area (Å²) in [7, 11) is 0. The van der Waals surface area contributed by atoms with Crippen LogP contribution >= 0.6 is 0 Å². The number of fused-ring (bicyclic) bond motifs is 1. The Morgan fingerprint density at radius 2 is 2.11 bits per heavy atom. The molecule has 0 aliphatic heterocycles. The molecule has 0 saturated carbocycles. The third-order valence-electron chi connectivity index (χ3n) is 3.31. The monoisotopic (exact) mass is 244 g/mol. The van der Waals surface area contributed by atoms with Gasteiger partial charge in [-0.05, 0) is 30.5 Å². The van der Waals surface area contributed by atoms with Gasteiger partial charge in [0.15, 0.2) is 5.89 Å². The lowest BCUT2D eigenvalue weighted by Gasteiger charge is -2.14. The van der Waals surface area contributed by atoms with Crippen molar-refractivity contribution in [3.05, 3.63) is 47.2 Å². The largest absolute Gasteiger partial charge is 0.508 e. The van der Waals surface area contributed by atoms with Gasteiger partial charge in [-0.2, -0.15) is 0 Å². The van der Waals surface area contributed by atoms with Crippen LogP contribution < -0.4 is 5.73 Å². The number of phenolic OH excluding ortho intramolecular Hbond substituents is 1. The number of hydrogen-bond acceptors (Lipinski definition) is 4.